The van der Waals surface area contributed by atoms with E-state index in [1.807, 2.05) is 18.2 Å². The molecule has 1 heterocycles. The van der Waals surface area contributed by atoms with Crippen LogP contribution >= 0.6 is 22.6 Å². The topological polar surface area (TPSA) is 24.4 Å². The minimum atomic E-state index is 0.269. The van der Waals surface area contributed by atoms with Crippen molar-refractivity contribution in [2.45, 2.75) is 6.04 Å². The Bertz CT molecular complexity index is 343. The number of hydrogen-bond acceptors (Lipinski definition) is 2. The lowest BCUT2D eigenvalue weighted by Gasteiger charge is -2.16. The van der Waals surface area contributed by atoms with E-state index in [1.165, 1.54) is 5.56 Å². The van der Waals surface area contributed by atoms with E-state index in [9.17, 15) is 0 Å². The molecule has 0 radical (unpaired) electrons. The van der Waals surface area contributed by atoms with Crippen LogP contribution in [0.1, 0.15) is 11.6 Å². The zero-order valence-corrected chi connectivity index (χ0v) is 9.10. The molecule has 1 atom stereocenters. The number of aliphatic imine (C=N–C) groups is 1. The molecule has 3 heteroatoms. The summed E-state index contributed by atoms with van der Waals surface area (Å²) in [7, 11) is 0. The van der Waals surface area contributed by atoms with E-state index in [0.29, 0.717) is 0 Å². The fraction of sp³-hybridized carbons (Fsp3) is 0.100. The minimum absolute atomic E-state index is 0.269. The Hall–Kier alpha value is -0.840. The fourth-order valence-corrected chi connectivity index (χ4v) is 1.76. The summed E-state index contributed by atoms with van der Waals surface area (Å²) in [5, 5.41) is 3.19. The molecule has 0 spiro atoms. The van der Waals surface area contributed by atoms with Crippen LogP contribution in [0.3, 0.4) is 0 Å². The lowest BCUT2D eigenvalue weighted by Crippen LogP contribution is -2.20. The molecule has 1 aliphatic rings. The summed E-state index contributed by atoms with van der Waals surface area (Å²) in [6.07, 6.45) is 3.86. The van der Waals surface area contributed by atoms with Gasteiger partial charge in [-0.05, 0) is 34.2 Å². The van der Waals surface area contributed by atoms with Gasteiger partial charge in [0.15, 0.2) is 0 Å². The van der Waals surface area contributed by atoms with Crippen molar-refractivity contribution in [1.82, 2.24) is 5.32 Å². The predicted molar refractivity (Wildman–Crippen MR) is 62.9 cm³/mol. The number of nitrogens with zero attached hydrogens (tertiary/aromatic N) is 1. The first-order valence-corrected chi connectivity index (χ1v) is 5.15. The van der Waals surface area contributed by atoms with Crippen molar-refractivity contribution in [1.29, 1.82) is 0 Å². The Balaban J connectivity index is 2.24. The maximum atomic E-state index is 4.12. The average molecular weight is 284 g/mol. The minimum Gasteiger partial charge on any atom is -0.366 e. The van der Waals surface area contributed by atoms with Gasteiger partial charge < -0.3 is 5.32 Å². The van der Waals surface area contributed by atoms with Gasteiger partial charge in [-0.25, -0.2) is 4.99 Å². The van der Waals surface area contributed by atoms with Gasteiger partial charge in [-0.3, -0.25) is 0 Å². The summed E-state index contributed by atoms with van der Waals surface area (Å²) in [6.45, 7) is 0. The second-order valence-corrected chi connectivity index (χ2v) is 3.91. The first-order valence-electron chi connectivity index (χ1n) is 4.07. The first-order chi connectivity index (χ1) is 6.36. The van der Waals surface area contributed by atoms with E-state index in [0.717, 1.165) is 3.70 Å². The number of halogens is 1. The molecule has 2 nitrogen and oxygen atoms in total. The standard InChI is InChI=1S/C10H9IN2/c11-10-6-9(12-7-13-10)8-4-2-1-3-5-8/h1-7,9H,(H,12,13)/t9-/m0/s1. The maximum absolute atomic E-state index is 4.12. The molecule has 0 saturated heterocycles. The van der Waals surface area contributed by atoms with E-state index in [-0.39, 0.29) is 6.04 Å². The SMILES string of the molecule is IC1=C[C@@H](c2ccccc2)NC=N1. The van der Waals surface area contributed by atoms with Gasteiger partial charge in [0.1, 0.15) is 3.70 Å². The Morgan fingerprint density at radius 3 is 2.69 bits per heavy atom. The lowest BCUT2D eigenvalue weighted by atomic mass is 10.1. The van der Waals surface area contributed by atoms with Crippen LogP contribution in [0.5, 0.6) is 0 Å². The van der Waals surface area contributed by atoms with Gasteiger partial charge in [0, 0.05) is 0 Å². The third kappa shape index (κ3) is 2.09. The van der Waals surface area contributed by atoms with Gasteiger partial charge >= 0.3 is 0 Å². The molecule has 1 aromatic carbocycles. The molecule has 0 unspecified atom stereocenters. The summed E-state index contributed by atoms with van der Waals surface area (Å²) >= 11 is 2.22. The summed E-state index contributed by atoms with van der Waals surface area (Å²) < 4.78 is 1.03. The Morgan fingerprint density at radius 2 is 2.00 bits per heavy atom. The fourth-order valence-electron chi connectivity index (χ4n) is 1.26. The molecular weight excluding hydrogens is 275 g/mol. The van der Waals surface area contributed by atoms with Gasteiger partial charge in [0.25, 0.3) is 0 Å². The van der Waals surface area contributed by atoms with Crippen LogP contribution < -0.4 is 5.32 Å². The molecule has 0 fully saturated rings. The van der Waals surface area contributed by atoms with Crippen molar-refractivity contribution in [3.63, 3.8) is 0 Å². The second-order valence-electron chi connectivity index (χ2n) is 2.80. The van der Waals surface area contributed by atoms with E-state index < -0.39 is 0 Å². The molecule has 0 amide bonds. The van der Waals surface area contributed by atoms with Gasteiger partial charge in [-0.1, -0.05) is 30.3 Å². The van der Waals surface area contributed by atoms with Crippen LogP contribution in [0.4, 0.5) is 0 Å². The highest BCUT2D eigenvalue weighted by molar-refractivity contribution is 14.1. The van der Waals surface area contributed by atoms with Crippen LogP contribution in [-0.2, 0) is 0 Å². The zero-order chi connectivity index (χ0) is 9.10. The van der Waals surface area contributed by atoms with Gasteiger partial charge in [-0.15, -0.1) is 0 Å². The van der Waals surface area contributed by atoms with Crippen LogP contribution in [0.15, 0.2) is 45.1 Å². The Morgan fingerprint density at radius 1 is 1.23 bits per heavy atom. The molecule has 0 aromatic heterocycles. The Kier molecular flexibility index (Phi) is 2.63. The van der Waals surface area contributed by atoms with Crippen molar-refractivity contribution < 1.29 is 0 Å². The molecular formula is C10H9IN2. The second kappa shape index (κ2) is 3.91. The van der Waals surface area contributed by atoms with Crippen molar-refractivity contribution in [2.75, 3.05) is 0 Å². The predicted octanol–water partition coefficient (Wildman–Crippen LogP) is 2.64. The van der Waals surface area contributed by atoms with Crippen molar-refractivity contribution >= 4 is 28.9 Å². The highest BCUT2D eigenvalue weighted by atomic mass is 127. The monoisotopic (exact) mass is 284 g/mol. The largest absolute Gasteiger partial charge is 0.366 e. The molecule has 1 aromatic rings. The third-order valence-electron chi connectivity index (χ3n) is 1.90. The molecule has 0 aliphatic carbocycles. The molecule has 1 N–H and O–H groups in total. The number of benzene rings is 1. The van der Waals surface area contributed by atoms with Crippen molar-refractivity contribution in [3.8, 4) is 0 Å². The van der Waals surface area contributed by atoms with E-state index >= 15 is 0 Å². The molecule has 1 aliphatic heterocycles. The maximum Gasteiger partial charge on any atom is 0.101 e. The summed E-state index contributed by atoms with van der Waals surface area (Å²) in [6, 6.07) is 10.6. The molecule has 66 valence electrons. The molecule has 0 saturated carbocycles. The molecule has 0 bridgehead atoms. The number of rotatable bonds is 1. The lowest BCUT2D eigenvalue weighted by molar-refractivity contribution is 0.789. The summed E-state index contributed by atoms with van der Waals surface area (Å²) in [5.41, 5.74) is 1.27. The zero-order valence-electron chi connectivity index (χ0n) is 6.94. The molecule has 2 rings (SSSR count). The molecule has 13 heavy (non-hydrogen) atoms. The van der Waals surface area contributed by atoms with Crippen molar-refractivity contribution in [3.05, 3.63) is 45.7 Å². The van der Waals surface area contributed by atoms with Gasteiger partial charge in [0.05, 0.1) is 12.4 Å². The van der Waals surface area contributed by atoms with Crippen LogP contribution in [0.2, 0.25) is 0 Å². The van der Waals surface area contributed by atoms with Crippen LogP contribution in [-0.4, -0.2) is 6.34 Å². The van der Waals surface area contributed by atoms with Gasteiger partial charge in [-0.2, -0.15) is 0 Å². The van der Waals surface area contributed by atoms with Crippen LogP contribution in [0, 0.1) is 0 Å². The first kappa shape index (κ1) is 8.74. The number of nitrogens with one attached hydrogen (secondary N) is 1. The average Bonchev–Trinajstić information content (AvgIpc) is 2.19. The third-order valence-corrected chi connectivity index (χ3v) is 2.54. The normalized spacial score (nSPS) is 20.7. The smallest absolute Gasteiger partial charge is 0.101 e. The quantitative estimate of drug-likeness (QED) is 0.622. The van der Waals surface area contributed by atoms with Gasteiger partial charge in [0.2, 0.25) is 0 Å². The summed E-state index contributed by atoms with van der Waals surface area (Å²) in [4.78, 5) is 4.12. The Labute approximate surface area is 90.9 Å². The van der Waals surface area contributed by atoms with Crippen molar-refractivity contribution in [2.24, 2.45) is 4.99 Å². The highest BCUT2D eigenvalue weighted by Crippen LogP contribution is 2.21. The summed E-state index contributed by atoms with van der Waals surface area (Å²) in [5.74, 6) is 0. The number of hydrogen-bond donors (Lipinski definition) is 1. The van der Waals surface area contributed by atoms with E-state index in [1.54, 1.807) is 6.34 Å². The highest BCUT2D eigenvalue weighted by Gasteiger charge is 2.09. The van der Waals surface area contributed by atoms with E-state index in [2.05, 4.69) is 51.1 Å². The van der Waals surface area contributed by atoms with E-state index in [4.69, 9.17) is 0 Å². The van der Waals surface area contributed by atoms with Crippen LogP contribution in [0.25, 0.3) is 0 Å².